The molecule has 0 aliphatic carbocycles. The van der Waals surface area contributed by atoms with Gasteiger partial charge < -0.3 is 19.6 Å². The number of amides is 1. The topological polar surface area (TPSA) is 87.2 Å². The Morgan fingerprint density at radius 3 is 2.28 bits per heavy atom. The highest BCUT2D eigenvalue weighted by molar-refractivity contribution is 5.98. The zero-order chi connectivity index (χ0) is 18.8. The highest BCUT2D eigenvalue weighted by Gasteiger charge is 2.27. The van der Waals surface area contributed by atoms with Crippen LogP contribution in [0.2, 0.25) is 0 Å². The molecular formula is C17H21FN2O5. The lowest BCUT2D eigenvalue weighted by Crippen LogP contribution is -2.50. The van der Waals surface area contributed by atoms with E-state index in [9.17, 15) is 18.8 Å². The van der Waals surface area contributed by atoms with Crippen LogP contribution in [0.3, 0.4) is 0 Å². The Bertz CT molecular complexity index is 691. The normalized spacial score (nSPS) is 15.0. The predicted octanol–water partition coefficient (Wildman–Crippen LogP) is 2.39. The number of nitrogens with zero attached hydrogens (tertiary/aromatic N) is 2. The fraction of sp³-hybridized carbons (Fsp3) is 0.471. The molecule has 1 heterocycles. The molecule has 0 unspecified atom stereocenters. The van der Waals surface area contributed by atoms with E-state index < -0.39 is 29.0 Å². The average Bonchev–Trinajstić information content (AvgIpc) is 2.52. The summed E-state index contributed by atoms with van der Waals surface area (Å²) in [5, 5.41) is 9.00. The van der Waals surface area contributed by atoms with Gasteiger partial charge in [0.05, 0.1) is 0 Å². The number of anilines is 1. The van der Waals surface area contributed by atoms with E-state index in [1.807, 2.05) is 0 Å². The lowest BCUT2D eigenvalue weighted by atomic mass is 10.1. The van der Waals surface area contributed by atoms with Crippen LogP contribution in [0.1, 0.15) is 41.5 Å². The van der Waals surface area contributed by atoms with Crippen molar-refractivity contribution in [2.45, 2.75) is 26.4 Å². The van der Waals surface area contributed by atoms with Crippen LogP contribution >= 0.6 is 0 Å². The van der Waals surface area contributed by atoms with E-state index in [1.54, 1.807) is 30.6 Å². The standard InChI is InChI=1S/C17H21FN2O5/c1-17(2,3)25-16(24)20-6-4-19(5-7-20)12-8-11(10-21)14(15(22)23)13(18)9-12/h8-10H,4-7H2,1-3H3,(H,22,23). The van der Waals surface area contributed by atoms with Crippen molar-refractivity contribution in [3.05, 3.63) is 29.1 Å². The maximum atomic E-state index is 14.0. The van der Waals surface area contributed by atoms with Gasteiger partial charge in [-0.15, -0.1) is 0 Å². The molecule has 1 aliphatic rings. The van der Waals surface area contributed by atoms with E-state index in [4.69, 9.17) is 9.84 Å². The van der Waals surface area contributed by atoms with Crippen molar-refractivity contribution in [2.24, 2.45) is 0 Å². The summed E-state index contributed by atoms with van der Waals surface area (Å²) in [5.41, 5.74) is -1.01. The average molecular weight is 352 g/mol. The second-order valence-electron chi connectivity index (χ2n) is 6.77. The van der Waals surface area contributed by atoms with Crippen molar-refractivity contribution in [1.29, 1.82) is 0 Å². The van der Waals surface area contributed by atoms with Gasteiger partial charge in [-0.05, 0) is 32.9 Å². The molecule has 1 fully saturated rings. The third-order valence-electron chi connectivity index (χ3n) is 3.74. The third-order valence-corrected chi connectivity index (χ3v) is 3.74. The Kier molecular flexibility index (Phi) is 5.30. The van der Waals surface area contributed by atoms with Gasteiger partial charge in [0.25, 0.3) is 0 Å². The number of carbonyl (C=O) groups excluding carboxylic acids is 2. The predicted molar refractivity (Wildman–Crippen MR) is 88.8 cm³/mol. The molecule has 1 aromatic rings. The molecule has 0 spiro atoms. The molecule has 1 amide bonds. The first-order valence-corrected chi connectivity index (χ1v) is 7.87. The van der Waals surface area contributed by atoms with Crippen LogP contribution in [0.25, 0.3) is 0 Å². The van der Waals surface area contributed by atoms with Gasteiger partial charge in [-0.3, -0.25) is 4.79 Å². The number of aldehydes is 1. The van der Waals surface area contributed by atoms with Gasteiger partial charge in [0.1, 0.15) is 17.0 Å². The molecule has 25 heavy (non-hydrogen) atoms. The van der Waals surface area contributed by atoms with Gasteiger partial charge in [-0.1, -0.05) is 0 Å². The number of carbonyl (C=O) groups is 3. The molecule has 136 valence electrons. The lowest BCUT2D eigenvalue weighted by Gasteiger charge is -2.36. The molecule has 0 bridgehead atoms. The Morgan fingerprint density at radius 2 is 1.80 bits per heavy atom. The number of piperazine rings is 1. The Labute approximate surface area is 145 Å². The maximum absolute atomic E-state index is 14.0. The first kappa shape index (κ1) is 18.7. The fourth-order valence-electron chi connectivity index (χ4n) is 2.59. The van der Waals surface area contributed by atoms with E-state index in [-0.39, 0.29) is 5.56 Å². The number of hydrogen-bond acceptors (Lipinski definition) is 5. The van der Waals surface area contributed by atoms with Crippen molar-refractivity contribution >= 4 is 24.0 Å². The smallest absolute Gasteiger partial charge is 0.410 e. The summed E-state index contributed by atoms with van der Waals surface area (Å²) in [6, 6.07) is 2.45. The van der Waals surface area contributed by atoms with Crippen LogP contribution in [0.15, 0.2) is 12.1 Å². The molecule has 7 nitrogen and oxygen atoms in total. The van der Waals surface area contributed by atoms with Gasteiger partial charge in [0.2, 0.25) is 0 Å². The van der Waals surface area contributed by atoms with Crippen LogP contribution < -0.4 is 4.90 Å². The molecule has 1 aromatic carbocycles. The molecule has 0 radical (unpaired) electrons. The van der Waals surface area contributed by atoms with E-state index >= 15 is 0 Å². The Hall–Kier alpha value is -2.64. The highest BCUT2D eigenvalue weighted by atomic mass is 19.1. The Morgan fingerprint density at radius 1 is 1.20 bits per heavy atom. The summed E-state index contributed by atoms with van der Waals surface area (Å²) in [5.74, 6) is -2.44. The first-order chi connectivity index (χ1) is 11.6. The van der Waals surface area contributed by atoms with E-state index in [2.05, 4.69) is 0 Å². The zero-order valence-electron chi connectivity index (χ0n) is 14.4. The molecule has 1 saturated heterocycles. The summed E-state index contributed by atoms with van der Waals surface area (Å²) in [6.07, 6.45) is -0.0828. The number of carboxylic acids is 1. The lowest BCUT2D eigenvalue weighted by molar-refractivity contribution is 0.0240. The van der Waals surface area contributed by atoms with Crippen LogP contribution in [0, 0.1) is 5.82 Å². The van der Waals surface area contributed by atoms with E-state index in [1.165, 1.54) is 6.07 Å². The second kappa shape index (κ2) is 7.08. The number of aromatic carboxylic acids is 1. The monoisotopic (exact) mass is 352 g/mol. The molecule has 0 aromatic heterocycles. The van der Waals surface area contributed by atoms with Crippen molar-refractivity contribution in [3.8, 4) is 0 Å². The summed E-state index contributed by atoms with van der Waals surface area (Å²) >= 11 is 0. The van der Waals surface area contributed by atoms with Crippen molar-refractivity contribution < 1.29 is 28.6 Å². The zero-order valence-corrected chi connectivity index (χ0v) is 14.4. The molecule has 8 heteroatoms. The summed E-state index contributed by atoms with van der Waals surface area (Å²) < 4.78 is 19.4. The van der Waals surface area contributed by atoms with Crippen LogP contribution in [0.5, 0.6) is 0 Å². The van der Waals surface area contributed by atoms with Gasteiger partial charge >= 0.3 is 12.1 Å². The van der Waals surface area contributed by atoms with E-state index in [0.717, 1.165) is 6.07 Å². The molecule has 1 aliphatic heterocycles. The number of halogens is 1. The van der Waals surface area contributed by atoms with Crippen molar-refractivity contribution in [2.75, 3.05) is 31.1 Å². The summed E-state index contributed by atoms with van der Waals surface area (Å²) in [7, 11) is 0. The number of rotatable bonds is 3. The fourth-order valence-corrected chi connectivity index (χ4v) is 2.59. The maximum Gasteiger partial charge on any atom is 0.410 e. The van der Waals surface area contributed by atoms with Crippen LogP contribution in [-0.4, -0.2) is 60.1 Å². The Balaban J connectivity index is 2.11. The molecular weight excluding hydrogens is 331 g/mol. The minimum atomic E-state index is -1.49. The molecule has 2 rings (SSSR count). The van der Waals surface area contributed by atoms with Crippen LogP contribution in [-0.2, 0) is 4.74 Å². The third kappa shape index (κ3) is 4.46. The number of carboxylic acid groups (broad SMARTS) is 1. The number of benzene rings is 1. The van der Waals surface area contributed by atoms with Crippen molar-refractivity contribution in [1.82, 2.24) is 4.90 Å². The minimum Gasteiger partial charge on any atom is -0.478 e. The van der Waals surface area contributed by atoms with Crippen molar-refractivity contribution in [3.63, 3.8) is 0 Å². The quantitative estimate of drug-likeness (QED) is 0.841. The molecule has 0 atom stereocenters. The largest absolute Gasteiger partial charge is 0.478 e. The van der Waals surface area contributed by atoms with E-state index in [0.29, 0.717) is 38.2 Å². The second-order valence-corrected chi connectivity index (χ2v) is 6.77. The van der Waals surface area contributed by atoms with Gasteiger partial charge in [-0.2, -0.15) is 0 Å². The van der Waals surface area contributed by atoms with Gasteiger partial charge in [-0.25, -0.2) is 14.0 Å². The van der Waals surface area contributed by atoms with Gasteiger partial charge in [0.15, 0.2) is 6.29 Å². The van der Waals surface area contributed by atoms with Crippen LogP contribution in [0.4, 0.5) is 14.9 Å². The molecule has 1 N–H and O–H groups in total. The number of hydrogen-bond donors (Lipinski definition) is 1. The summed E-state index contributed by atoms with van der Waals surface area (Å²) in [6.45, 7) is 6.97. The first-order valence-electron chi connectivity index (χ1n) is 7.87. The SMILES string of the molecule is CC(C)(C)OC(=O)N1CCN(c2cc(F)c(C(=O)O)c(C=O)c2)CC1. The summed E-state index contributed by atoms with van der Waals surface area (Å²) in [4.78, 5) is 37.5. The molecule has 0 saturated carbocycles. The number of ether oxygens (including phenoxy) is 1. The minimum absolute atomic E-state index is 0.211. The highest BCUT2D eigenvalue weighted by Crippen LogP contribution is 2.24. The van der Waals surface area contributed by atoms with Gasteiger partial charge in [0, 0.05) is 37.4 Å².